The molecular weight excluding hydrogens is 325 g/mol. The van der Waals surface area contributed by atoms with E-state index in [4.69, 9.17) is 0 Å². The van der Waals surface area contributed by atoms with E-state index in [1.165, 1.54) is 12.1 Å². The first-order valence-electron chi connectivity index (χ1n) is 8.54. The highest BCUT2D eigenvalue weighted by Gasteiger charge is 2.36. The lowest BCUT2D eigenvalue weighted by Crippen LogP contribution is -2.57. The molecule has 0 aromatic heterocycles. The molecule has 4 N–H and O–H groups in total. The number of benzene rings is 1. The van der Waals surface area contributed by atoms with Gasteiger partial charge < -0.3 is 10.6 Å². The van der Waals surface area contributed by atoms with E-state index in [-0.39, 0.29) is 36.0 Å². The Hall–Kier alpha value is -2.03. The first-order valence-corrected chi connectivity index (χ1v) is 8.54. The van der Waals surface area contributed by atoms with Crippen LogP contribution >= 0.6 is 0 Å². The fourth-order valence-electron chi connectivity index (χ4n) is 3.51. The molecule has 8 heteroatoms. The Morgan fingerprint density at radius 1 is 1.36 bits per heavy atom. The van der Waals surface area contributed by atoms with Crippen LogP contribution in [0.3, 0.4) is 0 Å². The van der Waals surface area contributed by atoms with Crippen molar-refractivity contribution in [2.24, 2.45) is 5.92 Å². The van der Waals surface area contributed by atoms with Gasteiger partial charge in [0, 0.05) is 39.1 Å². The third kappa shape index (κ3) is 4.15. The zero-order chi connectivity index (χ0) is 17.8. The summed E-state index contributed by atoms with van der Waals surface area (Å²) in [7, 11) is 1.57. The molecule has 3 rings (SSSR count). The quantitative estimate of drug-likeness (QED) is 0.577. The second kappa shape index (κ2) is 7.90. The van der Waals surface area contributed by atoms with Gasteiger partial charge in [-0.15, -0.1) is 0 Å². The first kappa shape index (κ1) is 17.8. The minimum Gasteiger partial charge on any atom is -0.359 e. The van der Waals surface area contributed by atoms with Crippen molar-refractivity contribution in [1.29, 1.82) is 0 Å². The van der Waals surface area contributed by atoms with Gasteiger partial charge in [0.25, 0.3) is 0 Å². The number of hydrazine groups is 1. The molecule has 25 heavy (non-hydrogen) atoms. The largest absolute Gasteiger partial charge is 0.359 e. The van der Waals surface area contributed by atoms with Gasteiger partial charge in [-0.3, -0.25) is 19.9 Å². The number of amides is 2. The van der Waals surface area contributed by atoms with Gasteiger partial charge in [0.1, 0.15) is 5.82 Å². The van der Waals surface area contributed by atoms with E-state index >= 15 is 0 Å². The maximum atomic E-state index is 13.2. The Morgan fingerprint density at radius 2 is 2.12 bits per heavy atom. The summed E-state index contributed by atoms with van der Waals surface area (Å²) in [6.45, 7) is 2.71. The average Bonchev–Trinajstić information content (AvgIpc) is 3.06. The summed E-state index contributed by atoms with van der Waals surface area (Å²) in [5.41, 5.74) is 7.38. The number of carbonyl (C=O) groups excluding carboxylic acids is 2. The number of hydrogen-bond donors (Lipinski definition) is 4. The van der Waals surface area contributed by atoms with Crippen molar-refractivity contribution >= 4 is 11.8 Å². The molecule has 136 valence electrons. The molecule has 3 atom stereocenters. The number of hydrogen-bond acceptors (Lipinski definition) is 5. The standard InChI is InChI=1S/C17H24FN5O2/c1-19-15(24)8-14-17(25)20-6-7-23(14)10-12-9-21-22-16(12)11-2-4-13(18)5-3-11/h2-5,12,14,16,21-22H,6-10H2,1H3,(H,19,24)(H,20,25). The molecule has 1 aromatic rings. The van der Waals surface area contributed by atoms with Crippen LogP contribution in [-0.4, -0.2) is 56.0 Å². The highest BCUT2D eigenvalue weighted by Crippen LogP contribution is 2.27. The fraction of sp³-hybridized carbons (Fsp3) is 0.529. The van der Waals surface area contributed by atoms with E-state index < -0.39 is 6.04 Å². The molecule has 0 spiro atoms. The van der Waals surface area contributed by atoms with Gasteiger partial charge in [0.2, 0.25) is 11.8 Å². The maximum Gasteiger partial charge on any atom is 0.237 e. The molecule has 7 nitrogen and oxygen atoms in total. The number of nitrogens with one attached hydrogen (secondary N) is 4. The lowest BCUT2D eigenvalue weighted by molar-refractivity contribution is -0.134. The SMILES string of the molecule is CNC(=O)CC1C(=O)NCCN1CC1CNNC1c1ccc(F)cc1. The van der Waals surface area contributed by atoms with Crippen LogP contribution in [0.2, 0.25) is 0 Å². The average molecular weight is 349 g/mol. The van der Waals surface area contributed by atoms with E-state index in [9.17, 15) is 14.0 Å². The van der Waals surface area contributed by atoms with E-state index in [1.807, 2.05) is 0 Å². The Kier molecular flexibility index (Phi) is 5.62. The number of nitrogens with zero attached hydrogens (tertiary/aromatic N) is 1. The third-order valence-electron chi connectivity index (χ3n) is 4.89. The predicted molar refractivity (Wildman–Crippen MR) is 90.8 cm³/mol. The molecule has 2 heterocycles. The van der Waals surface area contributed by atoms with Crippen LogP contribution in [0.1, 0.15) is 18.0 Å². The minimum absolute atomic E-state index is 0.0336. The van der Waals surface area contributed by atoms with Crippen LogP contribution in [0.4, 0.5) is 4.39 Å². The number of halogens is 1. The topological polar surface area (TPSA) is 85.5 Å². The van der Waals surface area contributed by atoms with Crippen molar-refractivity contribution in [3.63, 3.8) is 0 Å². The minimum atomic E-state index is -0.455. The summed E-state index contributed by atoms with van der Waals surface area (Å²) in [5.74, 6) is -0.301. The zero-order valence-electron chi connectivity index (χ0n) is 14.2. The predicted octanol–water partition coefficient (Wildman–Crippen LogP) is -0.473. The highest BCUT2D eigenvalue weighted by molar-refractivity contribution is 5.88. The molecule has 2 fully saturated rings. The molecule has 2 saturated heterocycles. The number of piperazine rings is 1. The summed E-state index contributed by atoms with van der Waals surface area (Å²) in [6.07, 6.45) is 0.150. The summed E-state index contributed by atoms with van der Waals surface area (Å²) < 4.78 is 13.2. The molecular formula is C17H24FN5O2. The number of rotatable bonds is 5. The van der Waals surface area contributed by atoms with Crippen molar-refractivity contribution in [2.45, 2.75) is 18.5 Å². The molecule has 0 aliphatic carbocycles. The monoisotopic (exact) mass is 349 g/mol. The molecule has 1 aromatic carbocycles. The van der Waals surface area contributed by atoms with Crippen molar-refractivity contribution in [3.8, 4) is 0 Å². The van der Waals surface area contributed by atoms with E-state index in [2.05, 4.69) is 26.4 Å². The van der Waals surface area contributed by atoms with Gasteiger partial charge >= 0.3 is 0 Å². The molecule has 2 amide bonds. The molecule has 3 unspecified atom stereocenters. The molecule has 2 aliphatic heterocycles. The highest BCUT2D eigenvalue weighted by atomic mass is 19.1. The van der Waals surface area contributed by atoms with Crippen molar-refractivity contribution in [2.75, 3.05) is 33.2 Å². The molecule has 0 bridgehead atoms. The Labute approximate surface area is 146 Å². The normalized spacial score (nSPS) is 27.1. The van der Waals surface area contributed by atoms with Crippen molar-refractivity contribution < 1.29 is 14.0 Å². The smallest absolute Gasteiger partial charge is 0.237 e. The Balaban J connectivity index is 1.70. The van der Waals surface area contributed by atoms with Gasteiger partial charge in [0.15, 0.2) is 0 Å². The van der Waals surface area contributed by atoms with Crippen molar-refractivity contribution in [1.82, 2.24) is 26.4 Å². The van der Waals surface area contributed by atoms with Crippen LogP contribution in [0.5, 0.6) is 0 Å². The Bertz CT molecular complexity index is 624. The van der Waals surface area contributed by atoms with Crippen LogP contribution in [0.25, 0.3) is 0 Å². The molecule has 0 radical (unpaired) electrons. The van der Waals surface area contributed by atoms with Gasteiger partial charge in [-0.2, -0.15) is 0 Å². The van der Waals surface area contributed by atoms with E-state index in [0.717, 1.165) is 12.1 Å². The third-order valence-corrected chi connectivity index (χ3v) is 4.89. The molecule has 2 aliphatic rings. The van der Waals surface area contributed by atoms with Crippen LogP contribution in [-0.2, 0) is 9.59 Å². The maximum absolute atomic E-state index is 13.2. The summed E-state index contributed by atoms with van der Waals surface area (Å²) in [6, 6.07) is 6.04. The zero-order valence-corrected chi connectivity index (χ0v) is 14.2. The van der Waals surface area contributed by atoms with E-state index in [0.29, 0.717) is 19.6 Å². The first-order chi connectivity index (χ1) is 12.1. The van der Waals surface area contributed by atoms with Crippen molar-refractivity contribution in [3.05, 3.63) is 35.6 Å². The van der Waals surface area contributed by atoms with Gasteiger partial charge in [-0.05, 0) is 17.7 Å². The summed E-state index contributed by atoms with van der Waals surface area (Å²) in [4.78, 5) is 26.0. The van der Waals surface area contributed by atoms with Gasteiger partial charge in [-0.25, -0.2) is 9.82 Å². The van der Waals surface area contributed by atoms with Gasteiger partial charge in [0.05, 0.1) is 18.5 Å². The second-order valence-electron chi connectivity index (χ2n) is 6.49. The van der Waals surface area contributed by atoms with Gasteiger partial charge in [-0.1, -0.05) is 12.1 Å². The summed E-state index contributed by atoms with van der Waals surface area (Å²) >= 11 is 0. The number of carbonyl (C=O) groups is 2. The lowest BCUT2D eigenvalue weighted by atomic mass is 9.93. The second-order valence-corrected chi connectivity index (χ2v) is 6.49. The van der Waals surface area contributed by atoms with Crippen LogP contribution < -0.4 is 21.5 Å². The van der Waals surface area contributed by atoms with Crippen LogP contribution in [0.15, 0.2) is 24.3 Å². The lowest BCUT2D eigenvalue weighted by Gasteiger charge is -2.37. The van der Waals surface area contributed by atoms with Crippen LogP contribution in [0, 0.1) is 11.7 Å². The molecule has 0 saturated carbocycles. The van der Waals surface area contributed by atoms with E-state index in [1.54, 1.807) is 19.2 Å². The fourth-order valence-corrected chi connectivity index (χ4v) is 3.51. The Morgan fingerprint density at radius 3 is 2.84 bits per heavy atom. The summed E-state index contributed by atoms with van der Waals surface area (Å²) in [5, 5.41) is 5.41.